The molecule has 0 saturated carbocycles. The Morgan fingerprint density at radius 3 is 2.71 bits per heavy atom. The number of ether oxygens (including phenoxy) is 2. The number of carbonyl (C=O) groups excluding carboxylic acids is 3. The number of rotatable bonds is 10. The van der Waals surface area contributed by atoms with Crippen molar-refractivity contribution in [3.63, 3.8) is 0 Å². The normalized spacial score (nSPS) is 12.5. The molecule has 180 valence electrons. The average molecular weight is 474 g/mol. The number of fused-ring (bicyclic) bond motifs is 1. The summed E-state index contributed by atoms with van der Waals surface area (Å²) in [5.41, 5.74) is 2.71. The summed E-state index contributed by atoms with van der Waals surface area (Å²) < 4.78 is 11.3. The molecule has 0 unspecified atom stereocenters. The van der Waals surface area contributed by atoms with Crippen LogP contribution in [0.25, 0.3) is 0 Å². The number of carbonyl (C=O) groups is 3. The number of amides is 2. The lowest BCUT2D eigenvalue weighted by Crippen LogP contribution is -2.45. The summed E-state index contributed by atoms with van der Waals surface area (Å²) in [6.07, 6.45) is 5.13. The molecule has 0 aliphatic carbocycles. The van der Waals surface area contributed by atoms with E-state index in [0.717, 1.165) is 24.0 Å². The highest BCUT2D eigenvalue weighted by molar-refractivity contribution is 6.04. The van der Waals surface area contributed by atoms with Crippen molar-refractivity contribution in [1.29, 1.82) is 0 Å². The number of nitrogens with zero attached hydrogens (tertiary/aromatic N) is 2. The average Bonchev–Trinajstić information content (AvgIpc) is 2.89. The van der Waals surface area contributed by atoms with Crippen LogP contribution in [-0.4, -0.2) is 42.3 Å². The van der Waals surface area contributed by atoms with Gasteiger partial charge in [-0.2, -0.15) is 0 Å². The van der Waals surface area contributed by atoms with Gasteiger partial charge in [0, 0.05) is 24.5 Å². The second-order valence-corrected chi connectivity index (χ2v) is 8.15. The van der Waals surface area contributed by atoms with E-state index in [2.05, 4.69) is 17.2 Å². The van der Waals surface area contributed by atoms with Crippen LogP contribution < -0.4 is 19.7 Å². The largest absolute Gasteiger partial charge is 0.485 e. The number of anilines is 1. The smallest absolute Gasteiger partial charge is 0.265 e. The Balaban J connectivity index is 1.44. The third-order valence-corrected chi connectivity index (χ3v) is 5.62. The predicted octanol–water partition coefficient (Wildman–Crippen LogP) is 3.34. The molecule has 0 radical (unpaired) electrons. The first-order valence-corrected chi connectivity index (χ1v) is 11.5. The molecule has 0 saturated heterocycles. The van der Waals surface area contributed by atoms with Crippen molar-refractivity contribution in [2.45, 2.75) is 26.3 Å². The number of benzene rings is 2. The van der Waals surface area contributed by atoms with E-state index in [-0.39, 0.29) is 37.4 Å². The Hall–Kier alpha value is -4.20. The van der Waals surface area contributed by atoms with Gasteiger partial charge in [0.05, 0.1) is 5.69 Å². The van der Waals surface area contributed by atoms with E-state index >= 15 is 0 Å². The summed E-state index contributed by atoms with van der Waals surface area (Å²) in [5.74, 6) is 0.213. The van der Waals surface area contributed by atoms with E-state index in [1.807, 2.05) is 24.3 Å². The number of hydrogen-bond donors (Lipinski definition) is 1. The topological polar surface area (TPSA) is 97.8 Å². The highest BCUT2D eigenvalue weighted by Gasteiger charge is 2.28. The van der Waals surface area contributed by atoms with Crippen LogP contribution in [0.5, 0.6) is 11.5 Å². The quantitative estimate of drug-likeness (QED) is 0.454. The van der Waals surface area contributed by atoms with Gasteiger partial charge in [0.15, 0.2) is 19.0 Å². The van der Waals surface area contributed by atoms with Crippen LogP contribution >= 0.6 is 0 Å². The fourth-order valence-corrected chi connectivity index (χ4v) is 3.80. The Morgan fingerprint density at radius 1 is 1.11 bits per heavy atom. The second-order valence-electron chi connectivity index (χ2n) is 8.15. The Kier molecular flexibility index (Phi) is 7.72. The van der Waals surface area contributed by atoms with E-state index in [4.69, 9.17) is 9.47 Å². The molecule has 3 aromatic rings. The van der Waals surface area contributed by atoms with Gasteiger partial charge in [-0.15, -0.1) is 0 Å². The van der Waals surface area contributed by atoms with E-state index < -0.39 is 0 Å². The number of pyridine rings is 1. The van der Waals surface area contributed by atoms with Gasteiger partial charge in [0.1, 0.15) is 18.0 Å². The number of hydrogen-bond acceptors (Lipinski definition) is 6. The van der Waals surface area contributed by atoms with Gasteiger partial charge < -0.3 is 14.8 Å². The van der Waals surface area contributed by atoms with Gasteiger partial charge in [0.2, 0.25) is 5.91 Å². The SMILES string of the molecule is CCCc1ccccc1OCC(=O)c1ccc2c(c1)N(CC(=O)NCc1ccncc1)C(=O)CO2. The zero-order valence-electron chi connectivity index (χ0n) is 19.5. The predicted molar refractivity (Wildman–Crippen MR) is 131 cm³/mol. The van der Waals surface area contributed by atoms with Crippen LogP contribution in [0.15, 0.2) is 67.0 Å². The first-order valence-electron chi connectivity index (χ1n) is 11.5. The molecule has 2 amide bonds. The summed E-state index contributed by atoms with van der Waals surface area (Å²) in [5, 5.41) is 2.80. The fourth-order valence-electron chi connectivity index (χ4n) is 3.80. The van der Waals surface area contributed by atoms with Crippen LogP contribution in [0.3, 0.4) is 0 Å². The minimum absolute atomic E-state index is 0.138. The third kappa shape index (κ3) is 6.03. The first kappa shape index (κ1) is 23.9. The van der Waals surface area contributed by atoms with Crippen molar-refractivity contribution in [3.8, 4) is 11.5 Å². The van der Waals surface area contributed by atoms with Crippen LogP contribution in [0, 0.1) is 0 Å². The van der Waals surface area contributed by atoms with E-state index in [9.17, 15) is 14.4 Å². The van der Waals surface area contributed by atoms with Crippen molar-refractivity contribution in [1.82, 2.24) is 10.3 Å². The monoisotopic (exact) mass is 473 g/mol. The molecule has 0 fully saturated rings. The standard InChI is InChI=1S/C27H27N3O5/c1-2-5-20-6-3-4-7-24(20)34-17-23(31)21-8-9-25-22(14-21)30(27(33)18-35-25)16-26(32)29-15-19-10-12-28-13-11-19/h3-4,6-14H,2,5,15-18H2,1H3,(H,29,32). The Labute approximate surface area is 203 Å². The molecule has 1 aromatic heterocycles. The molecule has 8 heteroatoms. The number of aromatic nitrogens is 1. The first-order chi connectivity index (χ1) is 17.0. The van der Waals surface area contributed by atoms with Crippen LogP contribution in [-0.2, 0) is 22.6 Å². The lowest BCUT2D eigenvalue weighted by atomic mass is 10.1. The molecular formula is C27H27N3O5. The molecule has 2 aromatic carbocycles. The summed E-state index contributed by atoms with van der Waals surface area (Å²) >= 11 is 0. The zero-order chi connectivity index (χ0) is 24.6. The van der Waals surface area contributed by atoms with Crippen molar-refractivity contribution < 1.29 is 23.9 Å². The molecule has 8 nitrogen and oxygen atoms in total. The second kappa shape index (κ2) is 11.3. The molecule has 0 bridgehead atoms. The Bertz CT molecular complexity index is 1210. The van der Waals surface area contributed by atoms with E-state index in [1.54, 1.807) is 42.7 Å². The van der Waals surface area contributed by atoms with Crippen molar-refractivity contribution in [2.24, 2.45) is 0 Å². The minimum Gasteiger partial charge on any atom is -0.485 e. The summed E-state index contributed by atoms with van der Waals surface area (Å²) in [6, 6.07) is 16.1. The molecule has 35 heavy (non-hydrogen) atoms. The molecular weight excluding hydrogens is 446 g/mol. The minimum atomic E-state index is -0.356. The summed E-state index contributed by atoms with van der Waals surface area (Å²) in [7, 11) is 0. The van der Waals surface area contributed by atoms with Crippen molar-refractivity contribution >= 4 is 23.3 Å². The van der Waals surface area contributed by atoms with Crippen LogP contribution in [0.4, 0.5) is 5.69 Å². The number of nitrogens with one attached hydrogen (secondary N) is 1. The van der Waals surface area contributed by atoms with Crippen LogP contribution in [0.2, 0.25) is 0 Å². The summed E-state index contributed by atoms with van der Waals surface area (Å²) in [4.78, 5) is 43.3. The van der Waals surface area contributed by atoms with Gasteiger partial charge >= 0.3 is 0 Å². The molecule has 0 spiro atoms. The fraction of sp³-hybridized carbons (Fsp3) is 0.259. The van der Waals surface area contributed by atoms with Gasteiger partial charge in [-0.25, -0.2) is 0 Å². The molecule has 2 heterocycles. The highest BCUT2D eigenvalue weighted by atomic mass is 16.5. The lowest BCUT2D eigenvalue weighted by molar-refractivity contribution is -0.125. The maximum Gasteiger partial charge on any atom is 0.265 e. The molecule has 4 rings (SSSR count). The molecule has 1 aliphatic rings. The molecule has 0 atom stereocenters. The summed E-state index contributed by atoms with van der Waals surface area (Å²) in [6.45, 7) is 1.92. The number of Topliss-reactive ketones (excluding diaryl/α,β-unsaturated/α-hetero) is 1. The zero-order valence-corrected chi connectivity index (χ0v) is 19.5. The number of ketones is 1. The van der Waals surface area contributed by atoms with Crippen LogP contribution in [0.1, 0.15) is 34.8 Å². The Morgan fingerprint density at radius 2 is 1.91 bits per heavy atom. The third-order valence-electron chi connectivity index (χ3n) is 5.62. The highest BCUT2D eigenvalue weighted by Crippen LogP contribution is 2.33. The van der Waals surface area contributed by atoms with Gasteiger partial charge in [-0.1, -0.05) is 31.5 Å². The van der Waals surface area contributed by atoms with E-state index in [1.165, 1.54) is 4.90 Å². The van der Waals surface area contributed by atoms with Crippen molar-refractivity contribution in [2.75, 3.05) is 24.7 Å². The molecule has 1 aliphatic heterocycles. The number of para-hydroxylation sites is 1. The maximum absolute atomic E-state index is 12.9. The van der Waals surface area contributed by atoms with Gasteiger partial charge in [-0.05, 0) is 53.9 Å². The number of aryl methyl sites for hydroxylation is 1. The van der Waals surface area contributed by atoms with Gasteiger partial charge in [-0.3, -0.25) is 24.3 Å². The van der Waals surface area contributed by atoms with Gasteiger partial charge in [0.25, 0.3) is 5.91 Å². The van der Waals surface area contributed by atoms with E-state index in [0.29, 0.717) is 29.3 Å². The maximum atomic E-state index is 12.9. The lowest BCUT2D eigenvalue weighted by Gasteiger charge is -2.29. The molecule has 1 N–H and O–H groups in total. The van der Waals surface area contributed by atoms with Crippen molar-refractivity contribution in [3.05, 3.63) is 83.7 Å².